The van der Waals surface area contributed by atoms with E-state index in [4.69, 9.17) is 9.47 Å². The number of ether oxygens (including phenoxy) is 2. The zero-order chi connectivity index (χ0) is 22.3. The highest BCUT2D eigenvalue weighted by Crippen LogP contribution is 2.28. The summed E-state index contributed by atoms with van der Waals surface area (Å²) in [6.45, 7) is 1.15. The first kappa shape index (κ1) is 21.2. The second kappa shape index (κ2) is 9.83. The van der Waals surface area contributed by atoms with E-state index in [1.54, 1.807) is 38.6 Å². The van der Waals surface area contributed by atoms with Crippen LogP contribution in [-0.2, 0) is 13.1 Å². The third-order valence-corrected chi connectivity index (χ3v) is 5.27. The van der Waals surface area contributed by atoms with Gasteiger partial charge in [0, 0.05) is 24.5 Å². The predicted molar refractivity (Wildman–Crippen MR) is 124 cm³/mol. The van der Waals surface area contributed by atoms with Crippen molar-refractivity contribution in [3.05, 3.63) is 102 Å². The molecule has 0 aliphatic heterocycles. The van der Waals surface area contributed by atoms with Gasteiger partial charge in [-0.1, -0.05) is 48.5 Å². The van der Waals surface area contributed by atoms with Gasteiger partial charge < -0.3 is 14.8 Å². The zero-order valence-corrected chi connectivity index (χ0v) is 18.1. The van der Waals surface area contributed by atoms with Gasteiger partial charge in [-0.3, -0.25) is 9.48 Å². The Morgan fingerprint density at radius 3 is 2.44 bits per heavy atom. The Kier molecular flexibility index (Phi) is 6.51. The quantitative estimate of drug-likeness (QED) is 0.448. The lowest BCUT2D eigenvalue weighted by Crippen LogP contribution is -2.23. The summed E-state index contributed by atoms with van der Waals surface area (Å²) in [4.78, 5) is 12.7. The molecule has 0 aliphatic rings. The number of hydrogen-bond acceptors (Lipinski definition) is 4. The van der Waals surface area contributed by atoms with Gasteiger partial charge in [0.15, 0.2) is 11.5 Å². The van der Waals surface area contributed by atoms with Crippen LogP contribution >= 0.6 is 0 Å². The van der Waals surface area contributed by atoms with E-state index in [0.717, 1.165) is 23.2 Å². The van der Waals surface area contributed by atoms with E-state index in [1.807, 2.05) is 35.1 Å². The van der Waals surface area contributed by atoms with Gasteiger partial charge in [-0.2, -0.15) is 5.10 Å². The molecule has 0 fully saturated rings. The molecule has 162 valence electrons. The number of carbonyl (C=O) groups excluding carboxylic acids is 1. The number of benzene rings is 3. The molecule has 4 aromatic rings. The highest BCUT2D eigenvalue weighted by Gasteiger charge is 2.12. The zero-order valence-electron chi connectivity index (χ0n) is 18.1. The minimum absolute atomic E-state index is 0.171. The van der Waals surface area contributed by atoms with Crippen molar-refractivity contribution in [3.63, 3.8) is 0 Å². The molecule has 3 aromatic carbocycles. The van der Waals surface area contributed by atoms with Crippen molar-refractivity contribution in [1.82, 2.24) is 15.1 Å². The number of methoxy groups -OCH3 is 2. The lowest BCUT2D eigenvalue weighted by atomic mass is 9.98. The van der Waals surface area contributed by atoms with Crippen molar-refractivity contribution in [1.29, 1.82) is 0 Å². The lowest BCUT2D eigenvalue weighted by Gasteiger charge is -2.13. The first-order valence-corrected chi connectivity index (χ1v) is 10.3. The van der Waals surface area contributed by atoms with Crippen molar-refractivity contribution < 1.29 is 14.3 Å². The largest absolute Gasteiger partial charge is 0.493 e. The summed E-state index contributed by atoms with van der Waals surface area (Å²) in [5, 5.41) is 7.26. The number of hydrogen-bond donors (Lipinski definition) is 1. The maximum absolute atomic E-state index is 12.7. The Labute approximate surface area is 187 Å². The minimum atomic E-state index is -0.171. The summed E-state index contributed by atoms with van der Waals surface area (Å²) < 4.78 is 12.4. The SMILES string of the molecule is COc1ccc(C(=O)NCc2ccccc2-c2ccc(Cn3cccn3)cc2)cc1OC. The van der Waals surface area contributed by atoms with Crippen LogP contribution < -0.4 is 14.8 Å². The van der Waals surface area contributed by atoms with Gasteiger partial charge in [0.05, 0.1) is 20.8 Å². The standard InChI is InChI=1S/C26H25N3O3/c1-31-24-13-12-21(16-25(24)32-2)26(30)27-17-22-6-3-4-7-23(22)20-10-8-19(9-11-20)18-29-15-5-14-28-29/h3-16H,17-18H2,1-2H3,(H,27,30). The van der Waals surface area contributed by atoms with E-state index in [-0.39, 0.29) is 5.91 Å². The summed E-state index contributed by atoms with van der Waals surface area (Å²) >= 11 is 0. The van der Waals surface area contributed by atoms with Crippen molar-refractivity contribution in [2.45, 2.75) is 13.1 Å². The third kappa shape index (κ3) is 4.81. The van der Waals surface area contributed by atoms with Crippen LogP contribution in [-0.4, -0.2) is 29.9 Å². The van der Waals surface area contributed by atoms with Crippen molar-refractivity contribution in [2.24, 2.45) is 0 Å². The van der Waals surface area contributed by atoms with Crippen molar-refractivity contribution in [3.8, 4) is 22.6 Å². The van der Waals surface area contributed by atoms with Gasteiger partial charge >= 0.3 is 0 Å². The molecule has 0 bridgehead atoms. The normalized spacial score (nSPS) is 10.6. The Morgan fingerprint density at radius 1 is 0.938 bits per heavy atom. The highest BCUT2D eigenvalue weighted by molar-refractivity contribution is 5.95. The molecule has 0 radical (unpaired) electrons. The van der Waals surface area contributed by atoms with Gasteiger partial charge in [0.2, 0.25) is 0 Å². The minimum Gasteiger partial charge on any atom is -0.493 e. The summed E-state index contributed by atoms with van der Waals surface area (Å²) in [5.74, 6) is 0.941. The fourth-order valence-electron chi connectivity index (χ4n) is 3.58. The number of carbonyl (C=O) groups is 1. The molecule has 1 N–H and O–H groups in total. The molecule has 32 heavy (non-hydrogen) atoms. The number of aromatic nitrogens is 2. The average molecular weight is 428 g/mol. The molecule has 4 rings (SSSR count). The van der Waals surface area contributed by atoms with Crippen LogP contribution in [0.5, 0.6) is 11.5 Å². The molecule has 6 nitrogen and oxygen atoms in total. The summed E-state index contributed by atoms with van der Waals surface area (Å²) in [7, 11) is 3.12. The fraction of sp³-hybridized carbons (Fsp3) is 0.154. The van der Waals surface area contributed by atoms with Crippen LogP contribution in [0.3, 0.4) is 0 Å². The first-order chi connectivity index (χ1) is 15.7. The summed E-state index contributed by atoms with van der Waals surface area (Å²) in [6.07, 6.45) is 3.73. The van der Waals surface area contributed by atoms with Crippen molar-refractivity contribution in [2.75, 3.05) is 14.2 Å². The van der Waals surface area contributed by atoms with Gasteiger partial charge in [-0.05, 0) is 46.5 Å². The smallest absolute Gasteiger partial charge is 0.251 e. The van der Waals surface area contributed by atoms with Gasteiger partial charge in [0.25, 0.3) is 5.91 Å². The molecular formula is C26H25N3O3. The average Bonchev–Trinajstić information content (AvgIpc) is 3.36. The van der Waals surface area contributed by atoms with Gasteiger partial charge in [-0.25, -0.2) is 0 Å². The van der Waals surface area contributed by atoms with Crippen LogP contribution in [0.1, 0.15) is 21.5 Å². The molecule has 1 amide bonds. The van der Waals surface area contributed by atoms with Crippen LogP contribution in [0.2, 0.25) is 0 Å². The third-order valence-electron chi connectivity index (χ3n) is 5.27. The molecule has 1 heterocycles. The maximum Gasteiger partial charge on any atom is 0.251 e. The lowest BCUT2D eigenvalue weighted by molar-refractivity contribution is 0.0950. The Balaban J connectivity index is 1.47. The Hall–Kier alpha value is -4.06. The Bertz CT molecular complexity index is 1190. The Morgan fingerprint density at radius 2 is 1.72 bits per heavy atom. The number of nitrogens with zero attached hydrogens (tertiary/aromatic N) is 2. The predicted octanol–water partition coefficient (Wildman–Crippen LogP) is 4.55. The number of nitrogens with one attached hydrogen (secondary N) is 1. The molecule has 0 aliphatic carbocycles. The summed E-state index contributed by atoms with van der Waals surface area (Å²) in [5.41, 5.74) is 4.93. The van der Waals surface area contributed by atoms with E-state index in [1.165, 1.54) is 5.56 Å². The topological polar surface area (TPSA) is 65.4 Å². The van der Waals surface area contributed by atoms with Crippen LogP contribution in [0.4, 0.5) is 0 Å². The molecule has 0 saturated carbocycles. The molecule has 0 spiro atoms. The molecule has 0 saturated heterocycles. The van der Waals surface area contributed by atoms with Crippen LogP contribution in [0, 0.1) is 0 Å². The maximum atomic E-state index is 12.7. The molecule has 1 aromatic heterocycles. The van der Waals surface area contributed by atoms with E-state index in [0.29, 0.717) is 23.6 Å². The highest BCUT2D eigenvalue weighted by atomic mass is 16.5. The molecule has 0 unspecified atom stereocenters. The monoisotopic (exact) mass is 427 g/mol. The first-order valence-electron chi connectivity index (χ1n) is 10.3. The fourth-order valence-corrected chi connectivity index (χ4v) is 3.58. The molecular weight excluding hydrogens is 402 g/mol. The van der Waals surface area contributed by atoms with Crippen LogP contribution in [0.15, 0.2) is 85.2 Å². The second-order valence-corrected chi connectivity index (χ2v) is 7.31. The second-order valence-electron chi connectivity index (χ2n) is 7.31. The number of rotatable bonds is 8. The van der Waals surface area contributed by atoms with E-state index in [9.17, 15) is 4.79 Å². The van der Waals surface area contributed by atoms with E-state index in [2.05, 4.69) is 40.7 Å². The molecule has 0 atom stereocenters. The van der Waals surface area contributed by atoms with Gasteiger partial charge in [-0.15, -0.1) is 0 Å². The van der Waals surface area contributed by atoms with E-state index >= 15 is 0 Å². The van der Waals surface area contributed by atoms with E-state index < -0.39 is 0 Å². The summed E-state index contributed by atoms with van der Waals surface area (Å²) in [6, 6.07) is 23.6. The van der Waals surface area contributed by atoms with Gasteiger partial charge in [0.1, 0.15) is 0 Å². The van der Waals surface area contributed by atoms with Crippen LogP contribution in [0.25, 0.3) is 11.1 Å². The molecule has 6 heteroatoms. The van der Waals surface area contributed by atoms with Crippen molar-refractivity contribution >= 4 is 5.91 Å². The number of amides is 1.